The molecule has 3 aromatic rings. The second-order valence-corrected chi connectivity index (χ2v) is 10.9. The van der Waals surface area contributed by atoms with Gasteiger partial charge in [-0.25, -0.2) is 22.5 Å². The monoisotopic (exact) mass is 514 g/mol. The molecule has 2 N–H and O–H groups in total. The lowest BCUT2D eigenvalue weighted by atomic mass is 9.93. The molecular weight excluding hydrogens is 488 g/mol. The number of benzene rings is 1. The zero-order chi connectivity index (χ0) is 26.2. The van der Waals surface area contributed by atoms with Crippen LogP contribution in [-0.4, -0.2) is 18.6 Å². The summed E-state index contributed by atoms with van der Waals surface area (Å²) in [5, 5.41) is 6.66. The molecule has 0 unspecified atom stereocenters. The maximum atomic E-state index is 13.5. The molecule has 0 radical (unpaired) electrons. The molecule has 0 saturated heterocycles. The van der Waals surface area contributed by atoms with Crippen LogP contribution in [0.5, 0.6) is 0 Å². The van der Waals surface area contributed by atoms with Crippen LogP contribution in [0.3, 0.4) is 0 Å². The van der Waals surface area contributed by atoms with Crippen LogP contribution in [0.25, 0.3) is 0 Å². The van der Waals surface area contributed by atoms with Crippen molar-refractivity contribution >= 4 is 15.8 Å². The highest BCUT2D eigenvalue weighted by Gasteiger charge is 2.34. The van der Waals surface area contributed by atoms with Crippen molar-refractivity contribution in [1.29, 1.82) is 0 Å². The van der Waals surface area contributed by atoms with E-state index in [9.17, 15) is 26.0 Å². The summed E-state index contributed by atoms with van der Waals surface area (Å²) in [5.74, 6) is -0.198. The van der Waals surface area contributed by atoms with Gasteiger partial charge >= 0.3 is 6.18 Å². The van der Waals surface area contributed by atoms with Gasteiger partial charge in [-0.1, -0.05) is 32.0 Å². The lowest BCUT2D eigenvalue weighted by molar-refractivity contribution is -0.138. The molecule has 190 valence electrons. The molecule has 3 rings (SSSR count). The van der Waals surface area contributed by atoms with Crippen molar-refractivity contribution in [2.24, 2.45) is 0 Å². The van der Waals surface area contributed by atoms with Crippen LogP contribution in [0.4, 0.5) is 23.4 Å². The SMILES string of the molecule is Cc1cc(F)ccc1[C@@H](C)Nc1ncc(C(F)(F)F)cc1S(=O)(=O)NCc1cc(C(C)(C)C)on1. The Hall–Kier alpha value is -2.99. The van der Waals surface area contributed by atoms with E-state index in [0.717, 1.165) is 0 Å². The Bertz CT molecular complexity index is 1320. The molecule has 0 amide bonds. The molecule has 0 fully saturated rings. The quantitative estimate of drug-likeness (QED) is 0.405. The number of nitrogens with one attached hydrogen (secondary N) is 2. The van der Waals surface area contributed by atoms with E-state index in [1.165, 1.54) is 18.2 Å². The van der Waals surface area contributed by atoms with Crippen molar-refractivity contribution in [3.63, 3.8) is 0 Å². The Kier molecular flexibility index (Phi) is 7.28. The highest BCUT2D eigenvalue weighted by molar-refractivity contribution is 7.89. The summed E-state index contributed by atoms with van der Waals surface area (Å²) in [6.07, 6.45) is -4.25. The molecule has 7 nitrogen and oxygen atoms in total. The zero-order valence-corrected chi connectivity index (χ0v) is 20.6. The van der Waals surface area contributed by atoms with Crippen LogP contribution in [-0.2, 0) is 28.2 Å². The number of hydrogen-bond acceptors (Lipinski definition) is 6. The van der Waals surface area contributed by atoms with Crippen molar-refractivity contribution in [3.05, 3.63) is 70.5 Å². The van der Waals surface area contributed by atoms with Gasteiger partial charge in [0.2, 0.25) is 10.0 Å². The maximum Gasteiger partial charge on any atom is 0.417 e. The topological polar surface area (TPSA) is 97.1 Å². The van der Waals surface area contributed by atoms with Gasteiger partial charge < -0.3 is 9.84 Å². The number of nitrogens with zero attached hydrogens (tertiary/aromatic N) is 2. The van der Waals surface area contributed by atoms with E-state index in [4.69, 9.17) is 4.52 Å². The summed E-state index contributed by atoms with van der Waals surface area (Å²) < 4.78 is 87.1. The van der Waals surface area contributed by atoms with E-state index in [1.807, 2.05) is 20.8 Å². The maximum absolute atomic E-state index is 13.5. The van der Waals surface area contributed by atoms with Crippen molar-refractivity contribution in [1.82, 2.24) is 14.9 Å². The Balaban J connectivity index is 1.93. The molecular formula is C23H26F4N4O3S. The van der Waals surface area contributed by atoms with Gasteiger partial charge in [0.05, 0.1) is 23.8 Å². The number of sulfonamides is 1. The normalized spacial score (nSPS) is 13.6. The Morgan fingerprint density at radius 2 is 1.80 bits per heavy atom. The Morgan fingerprint density at radius 3 is 2.37 bits per heavy atom. The van der Waals surface area contributed by atoms with E-state index in [-0.39, 0.29) is 23.5 Å². The number of alkyl halides is 3. The van der Waals surface area contributed by atoms with E-state index >= 15 is 0 Å². The molecule has 0 spiro atoms. The number of aromatic nitrogens is 2. The first-order valence-electron chi connectivity index (χ1n) is 10.6. The van der Waals surface area contributed by atoms with Gasteiger partial charge in [0.15, 0.2) is 0 Å². The van der Waals surface area contributed by atoms with E-state index < -0.39 is 38.5 Å². The minimum atomic E-state index is -4.80. The van der Waals surface area contributed by atoms with Crippen LogP contribution in [0.15, 0.2) is 45.9 Å². The number of aryl methyl sites for hydroxylation is 1. The zero-order valence-electron chi connectivity index (χ0n) is 19.8. The first-order valence-corrected chi connectivity index (χ1v) is 12.1. The average molecular weight is 515 g/mol. The number of hydrogen-bond donors (Lipinski definition) is 2. The summed E-state index contributed by atoms with van der Waals surface area (Å²) in [7, 11) is -4.46. The summed E-state index contributed by atoms with van der Waals surface area (Å²) in [4.78, 5) is 3.08. The second kappa shape index (κ2) is 9.57. The molecule has 1 aromatic carbocycles. The molecule has 1 atom stereocenters. The van der Waals surface area contributed by atoms with Gasteiger partial charge in [-0.05, 0) is 43.2 Å². The summed E-state index contributed by atoms with van der Waals surface area (Å²) in [6, 6.07) is 5.56. The number of pyridine rings is 1. The fourth-order valence-electron chi connectivity index (χ4n) is 3.32. The van der Waals surface area contributed by atoms with Gasteiger partial charge in [0, 0.05) is 17.7 Å². The minimum Gasteiger partial charge on any atom is -0.362 e. The van der Waals surface area contributed by atoms with Crippen molar-refractivity contribution in [3.8, 4) is 0 Å². The number of anilines is 1. The lowest BCUT2D eigenvalue weighted by Gasteiger charge is -2.20. The largest absolute Gasteiger partial charge is 0.417 e. The van der Waals surface area contributed by atoms with Crippen LogP contribution in [0, 0.1) is 12.7 Å². The fraction of sp³-hybridized carbons (Fsp3) is 0.391. The number of rotatable bonds is 7. The Morgan fingerprint density at radius 1 is 1.11 bits per heavy atom. The van der Waals surface area contributed by atoms with Crippen LogP contribution in [0.1, 0.15) is 61.9 Å². The third-order valence-electron chi connectivity index (χ3n) is 5.26. The molecule has 0 aliphatic carbocycles. The Labute approximate surface area is 201 Å². The summed E-state index contributed by atoms with van der Waals surface area (Å²) in [6.45, 7) is 8.68. The average Bonchev–Trinajstić information content (AvgIpc) is 3.21. The third-order valence-corrected chi connectivity index (χ3v) is 6.68. The minimum absolute atomic E-state index is 0.267. The fourth-order valence-corrected chi connectivity index (χ4v) is 4.46. The number of halogens is 4. The molecule has 0 aliphatic rings. The van der Waals surface area contributed by atoms with Crippen molar-refractivity contribution in [2.45, 2.75) is 63.7 Å². The van der Waals surface area contributed by atoms with Crippen molar-refractivity contribution in [2.75, 3.05) is 5.32 Å². The van der Waals surface area contributed by atoms with E-state index in [1.54, 1.807) is 19.9 Å². The lowest BCUT2D eigenvalue weighted by Crippen LogP contribution is -2.26. The van der Waals surface area contributed by atoms with Gasteiger partial charge in [0.1, 0.15) is 22.3 Å². The molecule has 12 heteroatoms. The second-order valence-electron chi connectivity index (χ2n) is 9.19. The first-order chi connectivity index (χ1) is 16.1. The smallest absolute Gasteiger partial charge is 0.362 e. The highest BCUT2D eigenvalue weighted by Crippen LogP contribution is 2.33. The first kappa shape index (κ1) is 26.6. The van der Waals surface area contributed by atoms with Crippen molar-refractivity contribution < 1.29 is 30.5 Å². The van der Waals surface area contributed by atoms with Gasteiger partial charge in [-0.2, -0.15) is 13.2 Å². The van der Waals surface area contributed by atoms with Gasteiger partial charge in [-0.15, -0.1) is 0 Å². The summed E-state index contributed by atoms with van der Waals surface area (Å²) >= 11 is 0. The third kappa shape index (κ3) is 6.37. The van der Waals surface area contributed by atoms with Crippen LogP contribution < -0.4 is 10.0 Å². The predicted molar refractivity (Wildman–Crippen MR) is 122 cm³/mol. The van der Waals surface area contributed by atoms with E-state index in [0.29, 0.717) is 29.2 Å². The van der Waals surface area contributed by atoms with Crippen LogP contribution >= 0.6 is 0 Å². The summed E-state index contributed by atoms with van der Waals surface area (Å²) in [5.41, 5.74) is -0.101. The standard InChI is InChI=1S/C23H26F4N4O3S/c1-13-8-16(24)6-7-18(13)14(2)30-21-19(9-15(11-28-21)23(25,26)27)35(32,33)29-12-17-10-20(34-31-17)22(3,4)5/h6-11,14,29H,12H2,1-5H3,(H,28,30)/t14-/m1/s1. The molecule has 0 bridgehead atoms. The van der Waals surface area contributed by atoms with Gasteiger partial charge in [-0.3, -0.25) is 0 Å². The predicted octanol–water partition coefficient (Wildman–Crippen LogP) is 5.49. The molecule has 35 heavy (non-hydrogen) atoms. The molecule has 2 aromatic heterocycles. The van der Waals surface area contributed by atoms with Gasteiger partial charge in [0.25, 0.3) is 0 Å². The van der Waals surface area contributed by atoms with E-state index in [2.05, 4.69) is 20.2 Å². The molecule has 2 heterocycles. The molecule has 0 aliphatic heterocycles. The van der Waals surface area contributed by atoms with Crippen LogP contribution in [0.2, 0.25) is 0 Å². The highest BCUT2D eigenvalue weighted by atomic mass is 32.2. The molecule has 0 saturated carbocycles.